The Morgan fingerprint density at radius 1 is 1.10 bits per heavy atom. The normalized spacial score (nSPS) is 11.6. The van der Waals surface area contributed by atoms with Crippen molar-refractivity contribution in [2.45, 2.75) is 39.5 Å². The summed E-state index contributed by atoms with van der Waals surface area (Å²) < 4.78 is 54.3. The fraction of sp³-hybridized carbons (Fsp3) is 0.550. The van der Waals surface area contributed by atoms with Crippen LogP contribution in [0.2, 0.25) is 0 Å². The summed E-state index contributed by atoms with van der Waals surface area (Å²) in [6.07, 6.45) is -5.82. The van der Waals surface area contributed by atoms with E-state index in [2.05, 4.69) is 10.1 Å². The number of esters is 1. The molecule has 174 valence electrons. The molecule has 0 bridgehead atoms. The molecule has 0 aromatic heterocycles. The van der Waals surface area contributed by atoms with Crippen LogP contribution in [0.3, 0.4) is 0 Å². The number of nitrogens with one attached hydrogen (secondary N) is 1. The van der Waals surface area contributed by atoms with E-state index in [0.717, 1.165) is 7.11 Å². The first-order valence-corrected chi connectivity index (χ1v) is 9.38. The van der Waals surface area contributed by atoms with Crippen LogP contribution in [0.25, 0.3) is 0 Å². The van der Waals surface area contributed by atoms with E-state index in [1.807, 2.05) is 0 Å². The van der Waals surface area contributed by atoms with Crippen LogP contribution < -0.4 is 10.2 Å². The Morgan fingerprint density at radius 3 is 2.29 bits per heavy atom. The van der Waals surface area contributed by atoms with Crippen molar-refractivity contribution < 1.29 is 41.8 Å². The van der Waals surface area contributed by atoms with E-state index in [1.54, 1.807) is 27.7 Å². The predicted molar refractivity (Wildman–Crippen MR) is 106 cm³/mol. The van der Waals surface area contributed by atoms with Crippen molar-refractivity contribution in [3.05, 3.63) is 29.3 Å². The highest BCUT2D eigenvalue weighted by molar-refractivity contribution is 6.04. The molecule has 0 atom stereocenters. The molecule has 0 aliphatic carbocycles. The molecule has 1 rings (SSSR count). The van der Waals surface area contributed by atoms with Gasteiger partial charge in [-0.3, -0.25) is 4.79 Å². The van der Waals surface area contributed by atoms with Crippen LogP contribution in [-0.4, -0.2) is 63.2 Å². The molecule has 1 N–H and O–H groups in total. The summed E-state index contributed by atoms with van der Waals surface area (Å²) in [5.74, 6) is -3.02. The Kier molecular flexibility index (Phi) is 9.29. The first kappa shape index (κ1) is 26.2. The molecule has 0 radical (unpaired) electrons. The fourth-order valence-corrected chi connectivity index (χ4v) is 2.44. The first-order valence-electron chi connectivity index (χ1n) is 9.38. The third-order valence-electron chi connectivity index (χ3n) is 3.71. The van der Waals surface area contributed by atoms with Gasteiger partial charge in [0.2, 0.25) is 0 Å². The lowest BCUT2D eigenvalue weighted by Crippen LogP contribution is -2.44. The minimum atomic E-state index is -5.16. The summed E-state index contributed by atoms with van der Waals surface area (Å²) in [6, 6.07) is 4.06. The van der Waals surface area contributed by atoms with Gasteiger partial charge in [0, 0.05) is 13.1 Å². The molecule has 1 aromatic carbocycles. The van der Waals surface area contributed by atoms with Gasteiger partial charge in [0.25, 0.3) is 0 Å². The van der Waals surface area contributed by atoms with E-state index in [4.69, 9.17) is 9.47 Å². The standard InChI is InChI=1S/C20H27F3N2O6/c1-13-6-7-15(14(12-13)16(26)29-5)25(17(27)20(21,22)23)9-11-30-10-8-24-18(28)31-19(2,3)4/h6-7,12H,8-11H2,1-5H3,(H,24,28). The van der Waals surface area contributed by atoms with Crippen LogP contribution in [0.4, 0.5) is 23.7 Å². The number of benzene rings is 1. The van der Waals surface area contributed by atoms with Gasteiger partial charge in [0.15, 0.2) is 0 Å². The minimum absolute atomic E-state index is 0.0228. The quantitative estimate of drug-likeness (QED) is 0.485. The zero-order chi connectivity index (χ0) is 23.8. The van der Waals surface area contributed by atoms with E-state index < -0.39 is 36.3 Å². The number of amides is 2. The van der Waals surface area contributed by atoms with Crippen molar-refractivity contribution in [1.82, 2.24) is 5.32 Å². The molecule has 1 aromatic rings. The van der Waals surface area contributed by atoms with Gasteiger partial charge in [0.1, 0.15) is 5.60 Å². The number of alkyl carbamates (subject to hydrolysis) is 1. The summed E-state index contributed by atoms with van der Waals surface area (Å²) >= 11 is 0. The SMILES string of the molecule is COC(=O)c1cc(C)ccc1N(CCOCCNC(=O)OC(C)(C)C)C(=O)C(F)(F)F. The summed E-state index contributed by atoms with van der Waals surface area (Å²) in [5.41, 5.74) is -0.482. The predicted octanol–water partition coefficient (Wildman–Crippen LogP) is 3.22. The van der Waals surface area contributed by atoms with Gasteiger partial charge in [-0.2, -0.15) is 13.2 Å². The maximum absolute atomic E-state index is 13.1. The lowest BCUT2D eigenvalue weighted by molar-refractivity contribution is -0.170. The highest BCUT2D eigenvalue weighted by Gasteiger charge is 2.43. The molecule has 2 amide bonds. The second-order valence-electron chi connectivity index (χ2n) is 7.51. The number of rotatable bonds is 8. The number of hydrogen-bond donors (Lipinski definition) is 1. The number of carbonyl (C=O) groups is 3. The van der Waals surface area contributed by atoms with E-state index in [9.17, 15) is 27.6 Å². The molecule has 0 aliphatic rings. The smallest absolute Gasteiger partial charge is 0.465 e. The molecule has 8 nitrogen and oxygen atoms in total. The van der Waals surface area contributed by atoms with Gasteiger partial charge >= 0.3 is 24.1 Å². The number of hydrogen-bond acceptors (Lipinski definition) is 6. The number of halogens is 3. The minimum Gasteiger partial charge on any atom is -0.465 e. The summed E-state index contributed by atoms with van der Waals surface area (Å²) in [7, 11) is 1.09. The number of carbonyl (C=O) groups excluding carboxylic acids is 3. The van der Waals surface area contributed by atoms with Crippen molar-refractivity contribution in [3.63, 3.8) is 0 Å². The third kappa shape index (κ3) is 8.83. The topological polar surface area (TPSA) is 94.2 Å². The van der Waals surface area contributed by atoms with Crippen LogP contribution in [0.1, 0.15) is 36.7 Å². The van der Waals surface area contributed by atoms with Crippen LogP contribution >= 0.6 is 0 Å². The molecular weight excluding hydrogens is 421 g/mol. The van der Waals surface area contributed by atoms with Crippen LogP contribution in [0.15, 0.2) is 18.2 Å². The second kappa shape index (κ2) is 11.0. The highest BCUT2D eigenvalue weighted by Crippen LogP contribution is 2.28. The zero-order valence-corrected chi connectivity index (χ0v) is 18.1. The Balaban J connectivity index is 2.82. The summed E-state index contributed by atoms with van der Waals surface area (Å²) in [4.78, 5) is 35.9. The van der Waals surface area contributed by atoms with Crippen LogP contribution in [0, 0.1) is 6.92 Å². The molecule has 31 heavy (non-hydrogen) atoms. The Labute approximate surface area is 178 Å². The van der Waals surface area contributed by atoms with Crippen molar-refractivity contribution in [2.24, 2.45) is 0 Å². The van der Waals surface area contributed by atoms with Gasteiger partial charge in [-0.25, -0.2) is 9.59 Å². The molecule has 0 unspecified atom stereocenters. The Morgan fingerprint density at radius 2 is 1.74 bits per heavy atom. The molecule has 0 saturated carbocycles. The summed E-state index contributed by atoms with van der Waals surface area (Å²) in [6.45, 7) is 6.02. The maximum Gasteiger partial charge on any atom is 0.471 e. The fourth-order valence-electron chi connectivity index (χ4n) is 2.44. The maximum atomic E-state index is 13.1. The van der Waals surface area contributed by atoms with Crippen LogP contribution in [-0.2, 0) is 19.0 Å². The van der Waals surface area contributed by atoms with E-state index in [0.29, 0.717) is 10.5 Å². The third-order valence-corrected chi connectivity index (χ3v) is 3.71. The second-order valence-corrected chi connectivity index (χ2v) is 7.51. The lowest BCUT2D eigenvalue weighted by Gasteiger charge is -2.25. The van der Waals surface area contributed by atoms with E-state index in [1.165, 1.54) is 18.2 Å². The van der Waals surface area contributed by atoms with Gasteiger partial charge in [-0.15, -0.1) is 0 Å². The number of ether oxygens (including phenoxy) is 3. The summed E-state index contributed by atoms with van der Waals surface area (Å²) in [5, 5.41) is 2.44. The number of methoxy groups -OCH3 is 1. The first-order chi connectivity index (χ1) is 14.3. The van der Waals surface area contributed by atoms with Gasteiger partial charge in [0.05, 0.1) is 31.6 Å². The molecule has 0 saturated heterocycles. The van der Waals surface area contributed by atoms with Gasteiger partial charge < -0.3 is 24.4 Å². The van der Waals surface area contributed by atoms with Crippen molar-refractivity contribution >= 4 is 23.7 Å². The van der Waals surface area contributed by atoms with E-state index in [-0.39, 0.29) is 31.0 Å². The molecular formula is C20H27F3N2O6. The monoisotopic (exact) mass is 448 g/mol. The Bertz CT molecular complexity index is 790. The average molecular weight is 448 g/mol. The molecule has 0 spiro atoms. The number of alkyl halides is 3. The van der Waals surface area contributed by atoms with Crippen molar-refractivity contribution in [1.29, 1.82) is 0 Å². The van der Waals surface area contributed by atoms with E-state index >= 15 is 0 Å². The number of nitrogens with zero attached hydrogens (tertiary/aromatic N) is 1. The lowest BCUT2D eigenvalue weighted by atomic mass is 10.1. The largest absolute Gasteiger partial charge is 0.471 e. The van der Waals surface area contributed by atoms with Crippen LogP contribution in [0.5, 0.6) is 0 Å². The molecule has 0 heterocycles. The zero-order valence-electron chi connectivity index (χ0n) is 18.1. The molecule has 0 aliphatic heterocycles. The number of aryl methyl sites for hydroxylation is 1. The van der Waals surface area contributed by atoms with Gasteiger partial charge in [-0.1, -0.05) is 11.6 Å². The number of anilines is 1. The van der Waals surface area contributed by atoms with Crippen molar-refractivity contribution in [2.75, 3.05) is 38.3 Å². The molecule has 11 heteroatoms. The van der Waals surface area contributed by atoms with Gasteiger partial charge in [-0.05, 0) is 39.8 Å². The van der Waals surface area contributed by atoms with Crippen molar-refractivity contribution in [3.8, 4) is 0 Å². The highest BCUT2D eigenvalue weighted by atomic mass is 19.4. The Hall–Kier alpha value is -2.82. The average Bonchev–Trinajstić information content (AvgIpc) is 2.64. The molecule has 0 fully saturated rings.